The molecule has 1 fully saturated rings. The molecule has 0 radical (unpaired) electrons. The van der Waals surface area contributed by atoms with Crippen LogP contribution in [0.2, 0.25) is 0 Å². The number of primary amides is 1. The largest absolute Gasteiger partial charge is 0.432 e. The maximum atomic E-state index is 14.6. The fourth-order valence-electron chi connectivity index (χ4n) is 4.43. The van der Waals surface area contributed by atoms with Crippen LogP contribution in [-0.2, 0) is 4.89 Å². The second-order valence-electron chi connectivity index (χ2n) is 10.8. The molecule has 4 N–H and O–H groups in total. The van der Waals surface area contributed by atoms with Crippen molar-refractivity contribution in [3.05, 3.63) is 41.8 Å². The summed E-state index contributed by atoms with van der Waals surface area (Å²) in [6, 6.07) is 5.84. The first-order chi connectivity index (χ1) is 18.3. The Hall–Kier alpha value is -3.31. The normalized spacial score (nSPS) is 13.8. The molecule has 1 amide bonds. The number of ether oxygens (including phenoxy) is 1. The van der Waals surface area contributed by atoms with Crippen molar-refractivity contribution < 1.29 is 32.8 Å². The smallest absolute Gasteiger partial charge is 0.387 e. The molecular weight excluding hydrogens is 513 g/mol. The van der Waals surface area contributed by atoms with Gasteiger partial charge in [-0.3, -0.25) is 10.1 Å². The Kier molecular flexibility index (Phi) is 11.6. The summed E-state index contributed by atoms with van der Waals surface area (Å²) >= 11 is 0. The molecule has 8 nitrogen and oxygen atoms in total. The molecule has 0 bridgehead atoms. The van der Waals surface area contributed by atoms with Crippen molar-refractivity contribution in [2.75, 3.05) is 19.5 Å². The first-order valence-electron chi connectivity index (χ1n) is 12.8. The number of amides is 1. The number of hydrogen-bond acceptors (Lipinski definition) is 6. The number of hydrogen-bond donors (Lipinski definition) is 3. The second-order valence-corrected chi connectivity index (χ2v) is 10.8. The van der Waals surface area contributed by atoms with Gasteiger partial charge in [0.15, 0.2) is 11.6 Å². The summed E-state index contributed by atoms with van der Waals surface area (Å²) in [5, 5.41) is 10.3. The number of pyridine rings is 1. The van der Waals surface area contributed by atoms with Crippen LogP contribution in [0.5, 0.6) is 5.75 Å². The average molecular weight is 553 g/mol. The number of anilines is 1. The average Bonchev–Trinajstić information content (AvgIpc) is 3.18. The van der Waals surface area contributed by atoms with Gasteiger partial charge in [-0.15, -0.1) is 0 Å². The molecule has 0 saturated heterocycles. The fraction of sp³-hybridized carbons (Fsp3) is 0.500. The van der Waals surface area contributed by atoms with E-state index in [1.807, 2.05) is 4.57 Å². The first kappa shape index (κ1) is 31.9. The molecule has 2 aromatic heterocycles. The maximum absolute atomic E-state index is 14.6. The number of rotatable bonds is 6. The van der Waals surface area contributed by atoms with Crippen LogP contribution in [0.15, 0.2) is 30.5 Å². The molecule has 0 aliphatic heterocycles. The molecule has 2 heterocycles. The van der Waals surface area contributed by atoms with Crippen molar-refractivity contribution in [2.45, 2.75) is 72.5 Å². The van der Waals surface area contributed by atoms with Crippen molar-refractivity contribution in [3.63, 3.8) is 0 Å². The minimum atomic E-state index is -3.17. The zero-order valence-electron chi connectivity index (χ0n) is 23.4. The summed E-state index contributed by atoms with van der Waals surface area (Å²) in [4.78, 5) is 20.1. The van der Waals surface area contributed by atoms with Crippen LogP contribution in [-0.4, -0.2) is 41.5 Å². The fourth-order valence-corrected chi connectivity index (χ4v) is 4.43. The highest BCUT2D eigenvalue weighted by Crippen LogP contribution is 2.42. The van der Waals surface area contributed by atoms with Crippen LogP contribution >= 0.6 is 0 Å². The van der Waals surface area contributed by atoms with E-state index in [0.29, 0.717) is 28.0 Å². The van der Waals surface area contributed by atoms with Crippen LogP contribution in [0.3, 0.4) is 0 Å². The number of aromatic nitrogens is 2. The standard InChI is InChI=1S/C22H23F3N4O2.C5H12.CH4O2/c1-27-18-8-7-12(11-28-18)20-19(21(26)30)14-9-15(23)17(31-22(24)25)10-16(14)29(20)13-5-3-2-4-6-13;1-5(2,3)4;1-3-2/h7-11,13,22H,2-6H2,1H3,(H2,26,30)(H,27,28);1-4H3;2H,1H3. The Morgan fingerprint density at radius 2 is 1.77 bits per heavy atom. The topological polar surface area (TPSA) is 112 Å². The highest BCUT2D eigenvalue weighted by atomic mass is 19.3. The number of nitrogens with two attached hydrogens (primary N) is 1. The van der Waals surface area contributed by atoms with Crippen molar-refractivity contribution in [1.29, 1.82) is 0 Å². The van der Waals surface area contributed by atoms with E-state index in [0.717, 1.165) is 38.2 Å². The van der Waals surface area contributed by atoms with Crippen molar-refractivity contribution in [3.8, 4) is 17.0 Å². The molecule has 1 aromatic carbocycles. The van der Waals surface area contributed by atoms with Gasteiger partial charge in [-0.2, -0.15) is 8.78 Å². The lowest BCUT2D eigenvalue weighted by Crippen LogP contribution is -2.16. The lowest BCUT2D eigenvalue weighted by molar-refractivity contribution is -0.214. The molecule has 0 unspecified atom stereocenters. The van der Waals surface area contributed by atoms with Gasteiger partial charge in [0, 0.05) is 36.3 Å². The number of fused-ring (bicyclic) bond motifs is 1. The Balaban J connectivity index is 0.000000590. The van der Waals surface area contributed by atoms with Gasteiger partial charge < -0.3 is 20.4 Å². The van der Waals surface area contributed by atoms with Gasteiger partial charge in [-0.25, -0.2) is 14.3 Å². The number of carbonyl (C=O) groups is 1. The SMILES string of the molecule is CC(C)(C)C.CNc1ccc(-c2c(C(N)=O)c3cc(F)c(OC(F)F)cc3n2C2CCCCC2)cn1.COO. The predicted octanol–water partition coefficient (Wildman–Crippen LogP) is 7.25. The Morgan fingerprint density at radius 1 is 1.18 bits per heavy atom. The molecule has 0 spiro atoms. The van der Waals surface area contributed by atoms with Gasteiger partial charge in [0.05, 0.1) is 23.9 Å². The molecule has 3 aromatic rings. The summed E-state index contributed by atoms with van der Waals surface area (Å²) in [6.07, 6.45) is 6.39. The van der Waals surface area contributed by atoms with E-state index in [9.17, 15) is 18.0 Å². The van der Waals surface area contributed by atoms with Gasteiger partial charge in [0.1, 0.15) is 5.82 Å². The van der Waals surface area contributed by atoms with Gasteiger partial charge in [-0.05, 0) is 36.5 Å². The second kappa shape index (κ2) is 14.2. The maximum Gasteiger partial charge on any atom is 0.387 e. The monoisotopic (exact) mass is 552 g/mol. The van der Waals surface area contributed by atoms with Gasteiger partial charge >= 0.3 is 6.61 Å². The molecule has 1 aliphatic carbocycles. The third-order valence-corrected chi connectivity index (χ3v) is 5.75. The molecular formula is C28H39F3N4O4. The lowest BCUT2D eigenvalue weighted by Gasteiger charge is -2.27. The van der Waals surface area contributed by atoms with Gasteiger partial charge in [-0.1, -0.05) is 47.0 Å². The highest BCUT2D eigenvalue weighted by molar-refractivity contribution is 6.12. The minimum absolute atomic E-state index is 0.00758. The predicted molar refractivity (Wildman–Crippen MR) is 147 cm³/mol. The van der Waals surface area contributed by atoms with E-state index in [4.69, 9.17) is 11.0 Å². The van der Waals surface area contributed by atoms with E-state index < -0.39 is 24.1 Å². The Morgan fingerprint density at radius 3 is 2.23 bits per heavy atom. The third-order valence-electron chi connectivity index (χ3n) is 5.75. The van der Waals surface area contributed by atoms with Crippen LogP contribution in [0.25, 0.3) is 22.2 Å². The van der Waals surface area contributed by atoms with Crippen molar-refractivity contribution >= 4 is 22.6 Å². The minimum Gasteiger partial charge on any atom is -0.432 e. The van der Waals surface area contributed by atoms with Crippen LogP contribution in [0, 0.1) is 11.2 Å². The molecule has 4 rings (SSSR count). The third kappa shape index (κ3) is 8.86. The number of alkyl halides is 2. The molecule has 39 heavy (non-hydrogen) atoms. The molecule has 0 atom stereocenters. The Bertz CT molecular complexity index is 1210. The van der Waals surface area contributed by atoms with E-state index in [1.165, 1.54) is 13.2 Å². The zero-order valence-corrected chi connectivity index (χ0v) is 23.4. The van der Waals surface area contributed by atoms with Crippen LogP contribution in [0.1, 0.15) is 76.2 Å². The molecule has 216 valence electrons. The van der Waals surface area contributed by atoms with E-state index in [2.05, 4.69) is 47.6 Å². The number of halogens is 3. The zero-order chi connectivity index (χ0) is 29.3. The number of carbonyl (C=O) groups excluding carboxylic acids is 1. The van der Waals surface area contributed by atoms with Gasteiger partial charge in [0.2, 0.25) is 0 Å². The summed E-state index contributed by atoms with van der Waals surface area (Å²) < 4.78 is 46.5. The first-order valence-corrected chi connectivity index (χ1v) is 12.8. The van der Waals surface area contributed by atoms with Crippen LogP contribution in [0.4, 0.5) is 19.0 Å². The van der Waals surface area contributed by atoms with Gasteiger partial charge in [0.25, 0.3) is 5.91 Å². The summed E-state index contributed by atoms with van der Waals surface area (Å²) in [5.74, 6) is -1.63. The Labute approximate surface area is 227 Å². The van der Waals surface area contributed by atoms with Crippen molar-refractivity contribution in [2.24, 2.45) is 11.1 Å². The molecule has 11 heteroatoms. The number of nitrogens with one attached hydrogen (secondary N) is 1. The molecule has 1 aliphatic rings. The molecule has 1 saturated carbocycles. The van der Waals surface area contributed by atoms with Crippen molar-refractivity contribution in [1.82, 2.24) is 9.55 Å². The quantitative estimate of drug-likeness (QED) is 0.219. The van der Waals surface area contributed by atoms with E-state index in [1.54, 1.807) is 25.4 Å². The summed E-state index contributed by atoms with van der Waals surface area (Å²) in [6.45, 7) is 5.58. The number of nitrogens with zero attached hydrogens (tertiary/aromatic N) is 2. The summed E-state index contributed by atoms with van der Waals surface area (Å²) in [7, 11) is 2.92. The highest BCUT2D eigenvalue weighted by Gasteiger charge is 2.29. The lowest BCUT2D eigenvalue weighted by atomic mass is 9.94. The van der Waals surface area contributed by atoms with E-state index >= 15 is 0 Å². The summed E-state index contributed by atoms with van der Waals surface area (Å²) in [5.41, 5.74) is 7.95. The van der Waals surface area contributed by atoms with E-state index in [-0.39, 0.29) is 17.0 Å². The number of benzene rings is 1. The van der Waals surface area contributed by atoms with Crippen LogP contribution < -0.4 is 15.8 Å².